The van der Waals surface area contributed by atoms with Crippen molar-refractivity contribution in [2.45, 2.75) is 13.3 Å². The molecule has 0 atom stereocenters. The molecular weight excluding hydrogens is 272 g/mol. The zero-order valence-electron chi connectivity index (χ0n) is 12.6. The molecule has 21 heavy (non-hydrogen) atoms. The molecule has 7 heteroatoms. The van der Waals surface area contributed by atoms with E-state index in [9.17, 15) is 4.79 Å². The van der Waals surface area contributed by atoms with Gasteiger partial charge in [0.15, 0.2) is 11.7 Å². The molecule has 3 N–H and O–H groups in total. The molecular formula is C14H24N4O3. The first-order valence-corrected chi connectivity index (χ1v) is 7.10. The number of amides is 1. The Balaban J connectivity index is 2.22. The lowest BCUT2D eigenvalue weighted by molar-refractivity contribution is 0.0926. The number of aliphatic imine (C=N–C) groups is 1. The zero-order valence-corrected chi connectivity index (χ0v) is 12.6. The lowest BCUT2D eigenvalue weighted by atomic mass is 10.4. The Bertz CT molecular complexity index is 418. The van der Waals surface area contributed by atoms with Crippen molar-refractivity contribution in [1.29, 1.82) is 0 Å². The monoisotopic (exact) mass is 296 g/mol. The quantitative estimate of drug-likeness (QED) is 0.353. The highest BCUT2D eigenvalue weighted by Gasteiger charge is 2.06. The zero-order chi connectivity index (χ0) is 15.3. The van der Waals surface area contributed by atoms with Crippen LogP contribution < -0.4 is 16.0 Å². The topological polar surface area (TPSA) is 87.9 Å². The van der Waals surface area contributed by atoms with Gasteiger partial charge in [0.1, 0.15) is 0 Å². The van der Waals surface area contributed by atoms with Gasteiger partial charge in [-0.3, -0.25) is 9.79 Å². The third kappa shape index (κ3) is 7.36. The van der Waals surface area contributed by atoms with Gasteiger partial charge in [-0.25, -0.2) is 0 Å². The van der Waals surface area contributed by atoms with Gasteiger partial charge < -0.3 is 25.1 Å². The maximum atomic E-state index is 11.6. The Kier molecular flexibility index (Phi) is 8.70. The van der Waals surface area contributed by atoms with Gasteiger partial charge in [-0.05, 0) is 25.5 Å². The summed E-state index contributed by atoms with van der Waals surface area (Å²) >= 11 is 0. The minimum atomic E-state index is -0.219. The molecule has 0 aliphatic rings. The third-order valence-electron chi connectivity index (χ3n) is 2.57. The molecule has 1 aromatic rings. The van der Waals surface area contributed by atoms with Gasteiger partial charge in [0.2, 0.25) is 0 Å². The van der Waals surface area contributed by atoms with Gasteiger partial charge >= 0.3 is 0 Å². The van der Waals surface area contributed by atoms with Gasteiger partial charge in [-0.15, -0.1) is 0 Å². The van der Waals surface area contributed by atoms with Crippen molar-refractivity contribution in [1.82, 2.24) is 16.0 Å². The van der Waals surface area contributed by atoms with Crippen LogP contribution in [0.4, 0.5) is 0 Å². The van der Waals surface area contributed by atoms with Crippen LogP contribution >= 0.6 is 0 Å². The average molecular weight is 296 g/mol. The van der Waals surface area contributed by atoms with Crippen molar-refractivity contribution in [3.63, 3.8) is 0 Å². The molecule has 0 saturated heterocycles. The molecule has 0 saturated carbocycles. The van der Waals surface area contributed by atoms with E-state index in [0.717, 1.165) is 18.9 Å². The summed E-state index contributed by atoms with van der Waals surface area (Å²) in [5.74, 6) is 0.833. The van der Waals surface area contributed by atoms with E-state index in [4.69, 9.17) is 9.15 Å². The summed E-state index contributed by atoms with van der Waals surface area (Å²) in [4.78, 5) is 16.0. The Morgan fingerprint density at radius 2 is 2.14 bits per heavy atom. The van der Waals surface area contributed by atoms with Crippen LogP contribution in [0, 0.1) is 0 Å². The van der Waals surface area contributed by atoms with E-state index in [1.165, 1.54) is 6.26 Å². The standard InChI is InChI=1S/C14H24N4O3/c1-3-15-14(17-7-5-10-20-2)18-9-8-16-13(19)12-6-4-11-21-12/h4,6,11H,3,5,7-10H2,1-2H3,(H,16,19)(H2,15,17,18). The predicted octanol–water partition coefficient (Wildman–Crippen LogP) is 0.601. The van der Waals surface area contributed by atoms with E-state index in [2.05, 4.69) is 20.9 Å². The second-order valence-electron chi connectivity index (χ2n) is 4.27. The Morgan fingerprint density at radius 1 is 1.33 bits per heavy atom. The number of methoxy groups -OCH3 is 1. The number of rotatable bonds is 9. The van der Waals surface area contributed by atoms with Crippen LogP contribution in [-0.2, 0) is 4.74 Å². The molecule has 1 aromatic heterocycles. The number of nitrogens with zero attached hydrogens (tertiary/aromatic N) is 1. The molecule has 0 aliphatic heterocycles. The number of hydrogen-bond donors (Lipinski definition) is 3. The van der Waals surface area contributed by atoms with E-state index in [1.807, 2.05) is 6.92 Å². The Hall–Kier alpha value is -2.02. The molecule has 1 amide bonds. The molecule has 0 spiro atoms. The molecule has 1 rings (SSSR count). The molecule has 0 unspecified atom stereocenters. The molecule has 7 nitrogen and oxygen atoms in total. The van der Waals surface area contributed by atoms with Crippen LogP contribution in [0.1, 0.15) is 23.9 Å². The van der Waals surface area contributed by atoms with Crippen LogP contribution in [0.5, 0.6) is 0 Å². The lowest BCUT2D eigenvalue weighted by Gasteiger charge is -2.11. The fourth-order valence-corrected chi connectivity index (χ4v) is 1.59. The van der Waals surface area contributed by atoms with Crippen molar-refractivity contribution < 1.29 is 13.9 Å². The van der Waals surface area contributed by atoms with Gasteiger partial charge in [-0.2, -0.15) is 0 Å². The fraction of sp³-hybridized carbons (Fsp3) is 0.571. The number of carbonyl (C=O) groups is 1. The predicted molar refractivity (Wildman–Crippen MR) is 81.5 cm³/mol. The minimum absolute atomic E-state index is 0.219. The summed E-state index contributed by atoms with van der Waals surface area (Å²) in [7, 11) is 1.68. The molecule has 0 fully saturated rings. The highest BCUT2D eigenvalue weighted by molar-refractivity contribution is 5.91. The number of nitrogens with one attached hydrogen (secondary N) is 3. The molecule has 0 bridgehead atoms. The van der Waals surface area contributed by atoms with E-state index in [0.29, 0.717) is 32.0 Å². The third-order valence-corrected chi connectivity index (χ3v) is 2.57. The number of furan rings is 1. The normalized spacial score (nSPS) is 11.2. The van der Waals surface area contributed by atoms with Gasteiger partial charge in [0.25, 0.3) is 5.91 Å². The number of carbonyl (C=O) groups excluding carboxylic acids is 1. The van der Waals surface area contributed by atoms with E-state index >= 15 is 0 Å². The maximum absolute atomic E-state index is 11.6. The second-order valence-corrected chi connectivity index (χ2v) is 4.27. The SMILES string of the molecule is CCNC(=NCCCOC)NCCNC(=O)c1ccco1. The van der Waals surface area contributed by atoms with E-state index in [1.54, 1.807) is 19.2 Å². The smallest absolute Gasteiger partial charge is 0.287 e. The van der Waals surface area contributed by atoms with Crippen molar-refractivity contribution >= 4 is 11.9 Å². The minimum Gasteiger partial charge on any atom is -0.459 e. The highest BCUT2D eigenvalue weighted by Crippen LogP contribution is 1.98. The van der Waals surface area contributed by atoms with Crippen LogP contribution in [0.2, 0.25) is 0 Å². The van der Waals surface area contributed by atoms with Crippen molar-refractivity contribution in [3.05, 3.63) is 24.2 Å². The van der Waals surface area contributed by atoms with E-state index < -0.39 is 0 Å². The van der Waals surface area contributed by atoms with Gasteiger partial charge in [-0.1, -0.05) is 0 Å². The summed E-state index contributed by atoms with van der Waals surface area (Å²) in [6.07, 6.45) is 2.35. The molecule has 0 aliphatic carbocycles. The first-order chi connectivity index (χ1) is 10.3. The van der Waals surface area contributed by atoms with Crippen LogP contribution in [0.3, 0.4) is 0 Å². The summed E-state index contributed by atoms with van der Waals surface area (Å²) in [6.45, 7) is 5.26. The van der Waals surface area contributed by atoms with Gasteiger partial charge in [0.05, 0.1) is 6.26 Å². The summed E-state index contributed by atoms with van der Waals surface area (Å²) in [5.41, 5.74) is 0. The summed E-state index contributed by atoms with van der Waals surface area (Å²) < 4.78 is 9.99. The summed E-state index contributed by atoms with van der Waals surface area (Å²) in [5, 5.41) is 9.05. The van der Waals surface area contributed by atoms with Crippen molar-refractivity contribution in [2.75, 3.05) is 39.9 Å². The number of hydrogen-bond acceptors (Lipinski definition) is 4. The van der Waals surface area contributed by atoms with Crippen LogP contribution in [0.25, 0.3) is 0 Å². The number of guanidine groups is 1. The van der Waals surface area contributed by atoms with Crippen LogP contribution in [0.15, 0.2) is 27.8 Å². The highest BCUT2D eigenvalue weighted by atomic mass is 16.5. The molecule has 1 heterocycles. The fourth-order valence-electron chi connectivity index (χ4n) is 1.59. The van der Waals surface area contributed by atoms with Crippen molar-refractivity contribution in [3.8, 4) is 0 Å². The lowest BCUT2D eigenvalue weighted by Crippen LogP contribution is -2.41. The average Bonchev–Trinajstić information content (AvgIpc) is 3.02. The molecule has 118 valence electrons. The van der Waals surface area contributed by atoms with E-state index in [-0.39, 0.29) is 5.91 Å². The Labute approximate surface area is 125 Å². The van der Waals surface area contributed by atoms with Crippen molar-refractivity contribution in [2.24, 2.45) is 4.99 Å². The molecule has 0 radical (unpaired) electrons. The first-order valence-electron chi connectivity index (χ1n) is 7.10. The summed E-state index contributed by atoms with van der Waals surface area (Å²) in [6, 6.07) is 3.31. The van der Waals surface area contributed by atoms with Crippen LogP contribution in [-0.4, -0.2) is 51.8 Å². The number of ether oxygens (including phenoxy) is 1. The first kappa shape index (κ1) is 17.0. The molecule has 0 aromatic carbocycles. The Morgan fingerprint density at radius 3 is 2.81 bits per heavy atom. The maximum Gasteiger partial charge on any atom is 0.287 e. The second kappa shape index (κ2) is 10.7. The largest absolute Gasteiger partial charge is 0.459 e. The van der Waals surface area contributed by atoms with Gasteiger partial charge in [0, 0.05) is 39.9 Å².